The van der Waals surface area contributed by atoms with E-state index in [2.05, 4.69) is 32.1 Å². The molecule has 0 aliphatic rings. The minimum absolute atomic E-state index is 0.466. The third kappa shape index (κ3) is 1.57. The average Bonchev–Trinajstić information content (AvgIpc) is 2.91. The molecule has 5 nitrogen and oxygen atoms in total. The van der Waals surface area contributed by atoms with Crippen molar-refractivity contribution >= 4 is 32.2 Å². The number of aryl methyl sites for hydroxylation is 1. The van der Waals surface area contributed by atoms with Gasteiger partial charge in [-0.2, -0.15) is 9.78 Å². The van der Waals surface area contributed by atoms with Crippen molar-refractivity contribution in [3.63, 3.8) is 0 Å². The van der Waals surface area contributed by atoms with E-state index < -0.39 is 0 Å². The van der Waals surface area contributed by atoms with Gasteiger partial charge in [0.05, 0.1) is 5.69 Å². The smallest absolute Gasteiger partial charge is 0.214 e. The molecule has 3 rings (SSSR count). The molecule has 0 amide bonds. The zero-order valence-corrected chi connectivity index (χ0v) is 11.0. The Morgan fingerprint density at radius 2 is 2.35 bits per heavy atom. The van der Waals surface area contributed by atoms with Crippen molar-refractivity contribution in [3.05, 3.63) is 28.2 Å². The van der Waals surface area contributed by atoms with E-state index in [0.717, 1.165) is 0 Å². The second kappa shape index (κ2) is 3.68. The molecule has 0 aliphatic heterocycles. The van der Waals surface area contributed by atoms with Gasteiger partial charge in [-0.1, -0.05) is 11.3 Å². The van der Waals surface area contributed by atoms with Crippen LogP contribution < -0.4 is 0 Å². The van der Waals surface area contributed by atoms with Gasteiger partial charge in [-0.25, -0.2) is 4.98 Å². The summed E-state index contributed by atoms with van der Waals surface area (Å²) in [7, 11) is 0. The zero-order chi connectivity index (χ0) is 12.0. The number of imidazole rings is 1. The third-order valence-electron chi connectivity index (χ3n) is 2.27. The number of hydrogen-bond donors (Lipinski definition) is 0. The lowest BCUT2D eigenvalue weighted by atomic mass is 10.4. The predicted octanol–water partition coefficient (Wildman–Crippen LogP) is 2.99. The summed E-state index contributed by atoms with van der Waals surface area (Å²) in [6.07, 6.45) is 0. The Morgan fingerprint density at radius 1 is 1.53 bits per heavy atom. The highest BCUT2D eigenvalue weighted by Crippen LogP contribution is 2.29. The van der Waals surface area contributed by atoms with Crippen LogP contribution in [0.25, 0.3) is 15.7 Å². The Hall–Kier alpha value is -1.65. The van der Waals surface area contributed by atoms with E-state index >= 15 is 0 Å². The first-order valence-corrected chi connectivity index (χ1v) is 6.32. The van der Waals surface area contributed by atoms with Crippen LogP contribution in [0.2, 0.25) is 0 Å². The highest BCUT2D eigenvalue weighted by atomic mass is 79.9. The van der Waals surface area contributed by atoms with Crippen LogP contribution in [-0.2, 0) is 0 Å². The molecule has 0 fully saturated rings. The van der Waals surface area contributed by atoms with E-state index in [1.165, 1.54) is 11.3 Å². The molecule has 0 unspecified atom stereocenters. The fourth-order valence-electron chi connectivity index (χ4n) is 1.51. The lowest BCUT2D eigenvalue weighted by Gasteiger charge is -1.87. The molecule has 0 N–H and O–H groups in total. The Kier molecular flexibility index (Phi) is 2.28. The van der Waals surface area contributed by atoms with E-state index in [0.29, 0.717) is 31.8 Å². The molecule has 0 spiro atoms. The molecule has 7 heteroatoms. The molecule has 0 atom stereocenters. The summed E-state index contributed by atoms with van der Waals surface area (Å²) < 4.78 is 7.61. The summed E-state index contributed by atoms with van der Waals surface area (Å²) in [5.41, 5.74) is 1.16. The molecule has 3 aromatic heterocycles. The van der Waals surface area contributed by atoms with Crippen molar-refractivity contribution < 1.29 is 4.42 Å². The number of nitriles is 1. The van der Waals surface area contributed by atoms with Crippen molar-refractivity contribution in [1.29, 1.82) is 5.26 Å². The fourth-order valence-corrected chi connectivity index (χ4v) is 2.72. The van der Waals surface area contributed by atoms with Gasteiger partial charge >= 0.3 is 0 Å². The SMILES string of the molecule is Cc1nc2sc(-c3ccc(Br)o3)nn2c1C#N. The maximum atomic E-state index is 9.01. The first-order valence-electron chi connectivity index (χ1n) is 4.71. The van der Waals surface area contributed by atoms with Gasteiger partial charge in [0.2, 0.25) is 4.96 Å². The van der Waals surface area contributed by atoms with E-state index in [4.69, 9.17) is 9.68 Å². The zero-order valence-electron chi connectivity index (χ0n) is 8.64. The Balaban J connectivity index is 2.21. The number of aromatic nitrogens is 3. The van der Waals surface area contributed by atoms with Crippen LogP contribution in [0.3, 0.4) is 0 Å². The molecule has 0 bridgehead atoms. The molecular weight excluding hydrogens is 304 g/mol. The molecule has 84 valence electrons. The summed E-state index contributed by atoms with van der Waals surface area (Å²) >= 11 is 4.63. The Bertz CT molecular complexity index is 748. The van der Waals surface area contributed by atoms with Crippen molar-refractivity contribution in [1.82, 2.24) is 14.6 Å². The topological polar surface area (TPSA) is 67.1 Å². The average molecular weight is 309 g/mol. The van der Waals surface area contributed by atoms with Gasteiger partial charge in [0.15, 0.2) is 21.1 Å². The quantitative estimate of drug-likeness (QED) is 0.693. The largest absolute Gasteiger partial charge is 0.447 e. The van der Waals surface area contributed by atoms with E-state index in [9.17, 15) is 0 Å². The van der Waals surface area contributed by atoms with Gasteiger partial charge in [-0.05, 0) is 35.0 Å². The monoisotopic (exact) mass is 308 g/mol. The summed E-state index contributed by atoms with van der Waals surface area (Å²) in [5, 5.41) is 14.0. The first kappa shape index (κ1) is 10.5. The molecule has 0 saturated heterocycles. The third-order valence-corrected chi connectivity index (χ3v) is 3.62. The normalized spacial score (nSPS) is 10.9. The highest BCUT2D eigenvalue weighted by molar-refractivity contribution is 9.10. The number of hydrogen-bond acceptors (Lipinski definition) is 5. The van der Waals surface area contributed by atoms with Gasteiger partial charge in [0, 0.05) is 0 Å². The molecular formula is C10H5BrN4OS. The summed E-state index contributed by atoms with van der Waals surface area (Å²) in [4.78, 5) is 4.98. The van der Waals surface area contributed by atoms with Crippen LogP contribution in [0.1, 0.15) is 11.4 Å². The number of halogens is 1. The van der Waals surface area contributed by atoms with Crippen LogP contribution in [0.5, 0.6) is 0 Å². The number of furan rings is 1. The Morgan fingerprint density at radius 3 is 3.00 bits per heavy atom. The van der Waals surface area contributed by atoms with Crippen molar-refractivity contribution in [2.45, 2.75) is 6.92 Å². The maximum Gasteiger partial charge on any atom is 0.214 e. The van der Waals surface area contributed by atoms with E-state index in [1.807, 2.05) is 6.07 Å². The van der Waals surface area contributed by atoms with E-state index in [-0.39, 0.29) is 0 Å². The summed E-state index contributed by atoms with van der Waals surface area (Å²) in [6.45, 7) is 1.79. The van der Waals surface area contributed by atoms with Gasteiger partial charge in [0.1, 0.15) is 6.07 Å². The van der Waals surface area contributed by atoms with Crippen LogP contribution >= 0.6 is 27.3 Å². The maximum absolute atomic E-state index is 9.01. The second-order valence-corrected chi connectivity index (χ2v) is 5.10. The van der Waals surface area contributed by atoms with E-state index in [1.54, 1.807) is 17.5 Å². The second-order valence-electron chi connectivity index (χ2n) is 3.36. The molecule has 17 heavy (non-hydrogen) atoms. The lowest BCUT2D eigenvalue weighted by Crippen LogP contribution is -1.89. The van der Waals surface area contributed by atoms with Gasteiger partial charge in [-0.15, -0.1) is 5.10 Å². The van der Waals surface area contributed by atoms with Crippen LogP contribution in [0.4, 0.5) is 0 Å². The van der Waals surface area contributed by atoms with Crippen molar-refractivity contribution in [2.75, 3.05) is 0 Å². The molecule has 3 heterocycles. The standard InChI is InChI=1S/C10H5BrN4OS/c1-5-6(4-12)15-10(13-5)17-9(14-15)7-2-3-8(11)16-7/h2-3H,1H3. The Labute approximate surface area is 108 Å². The fraction of sp³-hybridized carbons (Fsp3) is 0.100. The van der Waals surface area contributed by atoms with Gasteiger partial charge in [0.25, 0.3) is 0 Å². The molecule has 0 aliphatic carbocycles. The van der Waals surface area contributed by atoms with Gasteiger partial charge in [-0.3, -0.25) is 0 Å². The predicted molar refractivity (Wildman–Crippen MR) is 65.7 cm³/mol. The lowest BCUT2D eigenvalue weighted by molar-refractivity contribution is 0.554. The van der Waals surface area contributed by atoms with Crippen LogP contribution in [0, 0.1) is 18.3 Å². The summed E-state index contributed by atoms with van der Waals surface area (Å²) in [5.74, 6) is 0.661. The minimum atomic E-state index is 0.466. The van der Waals surface area contributed by atoms with Gasteiger partial charge < -0.3 is 4.42 Å². The van der Waals surface area contributed by atoms with Crippen LogP contribution in [-0.4, -0.2) is 14.6 Å². The highest BCUT2D eigenvalue weighted by Gasteiger charge is 2.16. The molecule has 0 radical (unpaired) electrons. The van der Waals surface area contributed by atoms with Crippen molar-refractivity contribution in [2.24, 2.45) is 0 Å². The van der Waals surface area contributed by atoms with Crippen molar-refractivity contribution in [3.8, 4) is 16.8 Å². The molecule has 0 saturated carbocycles. The molecule has 0 aromatic carbocycles. The minimum Gasteiger partial charge on any atom is -0.447 e. The number of nitrogens with zero attached hydrogens (tertiary/aromatic N) is 4. The molecule has 3 aromatic rings. The first-order chi connectivity index (χ1) is 8.19. The number of rotatable bonds is 1. The summed E-state index contributed by atoms with van der Waals surface area (Å²) in [6, 6.07) is 5.72. The number of fused-ring (bicyclic) bond motifs is 1. The van der Waals surface area contributed by atoms with Crippen LogP contribution in [0.15, 0.2) is 21.2 Å².